The first-order chi connectivity index (χ1) is 13.4. The Labute approximate surface area is 178 Å². The van der Waals surface area contributed by atoms with Crippen molar-refractivity contribution in [2.45, 2.75) is 66.8 Å². The molecule has 2 aromatic carbocycles. The number of rotatable bonds is 3. The summed E-state index contributed by atoms with van der Waals surface area (Å²) in [5, 5.41) is 2.76. The summed E-state index contributed by atoms with van der Waals surface area (Å²) >= 11 is -5.77. The zero-order valence-corrected chi connectivity index (χ0v) is 25.3. The molecule has 0 nitrogen and oxygen atoms in total. The van der Waals surface area contributed by atoms with Crippen LogP contribution in [0, 0.1) is 5.41 Å². The fraction of sp³-hybridized carbons (Fsp3) is 0.467. The van der Waals surface area contributed by atoms with Crippen LogP contribution in [0.2, 0.25) is 36.4 Å². The monoisotopic (exact) mass is 585 g/mol. The van der Waals surface area contributed by atoms with Gasteiger partial charge in [0.25, 0.3) is 0 Å². The molecule has 0 saturated carbocycles. The van der Waals surface area contributed by atoms with Crippen LogP contribution in [0.25, 0.3) is 16.8 Å². The minimum atomic E-state index is -5.77. The molecule has 0 aromatic heterocycles. The van der Waals surface area contributed by atoms with Crippen LogP contribution >= 0.6 is 0 Å². The third-order valence-corrected chi connectivity index (χ3v) is 56.2. The van der Waals surface area contributed by atoms with Gasteiger partial charge in [0.1, 0.15) is 0 Å². The minimum absolute atomic E-state index is 0.125. The van der Waals surface area contributed by atoms with Gasteiger partial charge in [-0.3, -0.25) is 0 Å². The molecule has 2 aliphatic carbocycles. The van der Waals surface area contributed by atoms with Crippen LogP contribution in [0.15, 0.2) is 66.8 Å². The van der Waals surface area contributed by atoms with Crippen molar-refractivity contribution in [2.75, 3.05) is 0 Å². The van der Waals surface area contributed by atoms with Crippen LogP contribution in [0.4, 0.5) is 0 Å². The molecule has 0 spiro atoms. The molecule has 0 N–H and O–H groups in total. The molecule has 0 saturated heterocycles. The maximum absolute atomic E-state index is 5.77. The van der Waals surface area contributed by atoms with Crippen molar-refractivity contribution >= 4 is 16.8 Å². The summed E-state index contributed by atoms with van der Waals surface area (Å²) in [7, 11) is 0. The molecule has 1 heteroatoms. The molecule has 0 bridgehead atoms. The van der Waals surface area contributed by atoms with Crippen molar-refractivity contribution in [3.63, 3.8) is 0 Å². The zero-order valence-electron chi connectivity index (χ0n) is 21.7. The van der Waals surface area contributed by atoms with Gasteiger partial charge < -0.3 is 0 Å². The number of fused-ring (bicyclic) bond motifs is 3. The van der Waals surface area contributed by atoms with Gasteiger partial charge in [-0.2, -0.15) is 0 Å². The van der Waals surface area contributed by atoms with Crippen molar-refractivity contribution in [2.24, 2.45) is 5.41 Å². The van der Waals surface area contributed by atoms with Gasteiger partial charge in [0.15, 0.2) is 0 Å². The van der Waals surface area contributed by atoms with E-state index in [1.807, 2.05) is 0 Å². The number of hydrogen-bond acceptors (Lipinski definition) is 0. The van der Waals surface area contributed by atoms with Crippen molar-refractivity contribution in [3.8, 4) is 0 Å². The van der Waals surface area contributed by atoms with Gasteiger partial charge in [-0.25, -0.2) is 0 Å². The predicted molar refractivity (Wildman–Crippen MR) is 142 cm³/mol. The summed E-state index contributed by atoms with van der Waals surface area (Å²) in [6.07, 6.45) is 15.7. The van der Waals surface area contributed by atoms with E-state index in [0.717, 1.165) is 6.42 Å². The standard InChI is InChI=1S/C18H19.C5H5.7CH3.Hf/c1-18(2,3)12-15-11-10-14-9-8-13-6-4-5-7-16(13)17(14)15;1-2-4-5-3-1;;;;;;;;/h4-11H,12H2,1-3H3;1-5H;7*1H3;. The SMILES string of the molecule is CC(C)(C)C[C]1([Hf]([CH3])([CH3])([CH3])([CH3])([CH3])([CH3])([CH3])[CH]2C=CC=C2)C=Cc2ccc3ccccc3c21. The molecule has 0 radical (unpaired) electrons. The van der Waals surface area contributed by atoms with Crippen LogP contribution < -0.4 is 0 Å². The van der Waals surface area contributed by atoms with Gasteiger partial charge in [-0.1, -0.05) is 0 Å². The zero-order chi connectivity index (χ0) is 23.4. The Morgan fingerprint density at radius 1 is 0.806 bits per heavy atom. The molecule has 169 valence electrons. The van der Waals surface area contributed by atoms with Crippen LogP contribution in [-0.4, -0.2) is 0 Å². The first-order valence-electron chi connectivity index (χ1n) is 12.3. The van der Waals surface area contributed by atoms with Crippen LogP contribution in [0.3, 0.4) is 0 Å². The van der Waals surface area contributed by atoms with E-state index in [2.05, 4.69) is 126 Å². The molecule has 0 heterocycles. The molecular weight excluding hydrogens is 539 g/mol. The van der Waals surface area contributed by atoms with Gasteiger partial charge in [0.2, 0.25) is 0 Å². The number of benzene rings is 2. The Kier molecular flexibility index (Phi) is 2.94. The van der Waals surface area contributed by atoms with Gasteiger partial charge in [0, 0.05) is 0 Å². The first-order valence-corrected chi connectivity index (χ1v) is 41.3. The van der Waals surface area contributed by atoms with E-state index in [1.165, 1.54) is 16.3 Å². The second-order valence-electron chi connectivity index (χ2n) is 22.5. The van der Waals surface area contributed by atoms with E-state index < -0.39 is 12.6 Å². The summed E-state index contributed by atoms with van der Waals surface area (Å²) in [5.74, 6) is 0. The Hall–Kier alpha value is -1.21. The third-order valence-electron chi connectivity index (χ3n) is 10.4. The molecule has 1 atom stereocenters. The Morgan fingerprint density at radius 3 is 1.97 bits per heavy atom. The second kappa shape index (κ2) is 3.97. The van der Waals surface area contributed by atoms with Crippen LogP contribution in [0.1, 0.15) is 38.3 Å². The topological polar surface area (TPSA) is 0 Å². The summed E-state index contributed by atoms with van der Waals surface area (Å²) in [6.45, 7) is 7.26. The van der Waals surface area contributed by atoms with Crippen molar-refractivity contribution in [1.82, 2.24) is 0 Å². The van der Waals surface area contributed by atoms with E-state index in [4.69, 9.17) is 0 Å². The average Bonchev–Trinajstić information content (AvgIpc) is 3.22. The summed E-state index contributed by atoms with van der Waals surface area (Å²) in [4.78, 5) is 0. The van der Waals surface area contributed by atoms with Crippen LogP contribution in [-0.2, 0) is 15.8 Å². The maximum atomic E-state index is 2.74. The fourth-order valence-electron chi connectivity index (χ4n) is 7.65. The second-order valence-corrected chi connectivity index (χ2v) is 132. The van der Waals surface area contributed by atoms with E-state index in [9.17, 15) is 0 Å². The Bertz CT molecular complexity index is 1280. The molecular formula is C30H45Hf. The van der Waals surface area contributed by atoms with Crippen molar-refractivity contribution < 1.29 is 12.6 Å². The fourth-order valence-corrected chi connectivity index (χ4v) is 40.3. The van der Waals surface area contributed by atoms with Crippen LogP contribution in [0.5, 0.6) is 0 Å². The molecule has 4 rings (SSSR count). The quantitative estimate of drug-likeness (QED) is 0.315. The number of hydrogen-bond donors (Lipinski definition) is 0. The molecule has 2 aromatic rings. The normalized spacial score (nSPS) is 28.3. The molecule has 0 amide bonds. The number of allylic oxidation sites excluding steroid dienone is 5. The Balaban J connectivity index is 2.36. The van der Waals surface area contributed by atoms with E-state index in [1.54, 1.807) is 5.56 Å². The van der Waals surface area contributed by atoms with E-state index in [-0.39, 0.29) is 8.59 Å². The first kappa shape index (κ1) is 23.0. The summed E-state index contributed by atoms with van der Waals surface area (Å²) in [6, 6.07) is 13.7. The van der Waals surface area contributed by atoms with Gasteiger partial charge in [-0.15, -0.1) is 0 Å². The van der Waals surface area contributed by atoms with Gasteiger partial charge in [0.05, 0.1) is 0 Å². The average molecular weight is 584 g/mol. The summed E-state index contributed by atoms with van der Waals surface area (Å²) in [5.41, 5.74) is 3.11. The summed E-state index contributed by atoms with van der Waals surface area (Å²) < 4.78 is 19.4. The van der Waals surface area contributed by atoms with Gasteiger partial charge in [-0.05, 0) is 0 Å². The molecule has 31 heavy (non-hydrogen) atoms. The Morgan fingerprint density at radius 2 is 1.39 bits per heavy atom. The third kappa shape index (κ3) is 2.68. The van der Waals surface area contributed by atoms with E-state index in [0.29, 0.717) is 3.67 Å². The van der Waals surface area contributed by atoms with Gasteiger partial charge >= 0.3 is 180 Å². The predicted octanol–water partition coefficient (Wildman–Crippen LogP) is 10.6. The van der Waals surface area contributed by atoms with Crippen molar-refractivity contribution in [1.29, 1.82) is 0 Å². The molecule has 0 aliphatic heterocycles. The molecule has 0 fully saturated rings. The van der Waals surface area contributed by atoms with Crippen molar-refractivity contribution in [3.05, 3.63) is 77.9 Å². The van der Waals surface area contributed by atoms with E-state index >= 15 is 0 Å². The molecule has 1 unspecified atom stereocenters. The molecule has 2 aliphatic rings.